The first-order valence-electron chi connectivity index (χ1n) is 6.34. The largest absolute Gasteiger partial charge is 0.381 e. The maximum Gasteiger partial charge on any atom is 0.245 e. The van der Waals surface area contributed by atoms with Gasteiger partial charge in [0.25, 0.3) is 0 Å². The van der Waals surface area contributed by atoms with E-state index in [-0.39, 0.29) is 35.6 Å². The molecule has 0 aliphatic heterocycles. The molecule has 1 rings (SSSR count). The van der Waals surface area contributed by atoms with Crippen LogP contribution in [0, 0.1) is 0 Å². The quantitative estimate of drug-likeness (QED) is 0.632. The first kappa shape index (κ1) is 16.4. The van der Waals surface area contributed by atoms with E-state index in [9.17, 15) is 13.2 Å². The van der Waals surface area contributed by atoms with Gasteiger partial charge in [-0.3, -0.25) is 9.48 Å². The highest BCUT2D eigenvalue weighted by Crippen LogP contribution is 2.14. The second kappa shape index (κ2) is 6.71. The normalized spacial score (nSPS) is 13.2. The summed E-state index contributed by atoms with van der Waals surface area (Å²) in [5, 5.41) is 6.52. The molecule has 1 heterocycles. The monoisotopic (exact) mass is 303 g/mol. The molecule has 1 unspecified atom stereocenters. The fraction of sp³-hybridized carbons (Fsp3) is 0.636. The van der Waals surface area contributed by atoms with Crippen LogP contribution in [0.15, 0.2) is 11.1 Å². The predicted molar refractivity (Wildman–Crippen MR) is 75.3 cm³/mol. The zero-order valence-corrected chi connectivity index (χ0v) is 12.7. The summed E-state index contributed by atoms with van der Waals surface area (Å²) in [5.41, 5.74) is 5.51. The number of carbonyl (C=O) groups is 1. The molecule has 0 aliphatic rings. The van der Waals surface area contributed by atoms with Crippen LogP contribution in [0.1, 0.15) is 26.7 Å². The molecule has 20 heavy (non-hydrogen) atoms. The van der Waals surface area contributed by atoms with Crippen LogP contribution in [0.3, 0.4) is 0 Å². The molecule has 9 heteroatoms. The Morgan fingerprint density at radius 2 is 2.20 bits per heavy atom. The van der Waals surface area contributed by atoms with E-state index in [0.717, 1.165) is 6.42 Å². The van der Waals surface area contributed by atoms with Crippen molar-refractivity contribution in [1.29, 1.82) is 0 Å². The van der Waals surface area contributed by atoms with Crippen LogP contribution in [0.25, 0.3) is 0 Å². The Hall–Kier alpha value is -1.61. The number of aryl methyl sites for hydroxylation is 1. The van der Waals surface area contributed by atoms with Gasteiger partial charge in [-0.25, -0.2) is 13.1 Å². The van der Waals surface area contributed by atoms with Crippen molar-refractivity contribution in [2.75, 3.05) is 12.3 Å². The number of nitrogens with zero attached hydrogens (tertiary/aromatic N) is 2. The molecule has 0 spiro atoms. The fourth-order valence-corrected chi connectivity index (χ4v) is 2.65. The number of hydrogen-bond acceptors (Lipinski definition) is 5. The molecule has 1 amide bonds. The third-order valence-corrected chi connectivity index (χ3v) is 4.25. The Balaban J connectivity index is 2.53. The third kappa shape index (κ3) is 4.49. The highest BCUT2D eigenvalue weighted by Gasteiger charge is 2.20. The second-order valence-electron chi connectivity index (χ2n) is 4.58. The van der Waals surface area contributed by atoms with Gasteiger partial charge in [0.15, 0.2) is 5.82 Å². The number of hydrogen-bond donors (Lipinski definition) is 3. The molecule has 0 aliphatic carbocycles. The van der Waals surface area contributed by atoms with Crippen LogP contribution < -0.4 is 15.8 Å². The molecule has 0 aromatic carbocycles. The molecule has 1 atom stereocenters. The number of anilines is 1. The first-order valence-corrected chi connectivity index (χ1v) is 7.82. The number of nitrogen functional groups attached to an aromatic ring is 1. The van der Waals surface area contributed by atoms with E-state index in [0.29, 0.717) is 0 Å². The molecule has 0 saturated carbocycles. The Bertz CT molecular complexity index is 567. The first-order chi connectivity index (χ1) is 9.26. The second-order valence-corrected chi connectivity index (χ2v) is 6.31. The van der Waals surface area contributed by atoms with Gasteiger partial charge < -0.3 is 11.1 Å². The van der Waals surface area contributed by atoms with Crippen molar-refractivity contribution in [3.8, 4) is 0 Å². The summed E-state index contributed by atoms with van der Waals surface area (Å²) < 4.78 is 27.5. The lowest BCUT2D eigenvalue weighted by atomic mass is 10.2. The standard InChI is InChI=1S/C11H21N5O3S/c1-4-8(2)14-10(17)5-6-13-20(18,19)9-7-16(3)15-11(9)12/h7-8,13H,4-6H2,1-3H3,(H2,12,15)(H,14,17). The van der Waals surface area contributed by atoms with Gasteiger partial charge in [-0.1, -0.05) is 6.92 Å². The molecule has 1 aromatic heterocycles. The van der Waals surface area contributed by atoms with Gasteiger partial charge in [0.05, 0.1) is 0 Å². The molecule has 4 N–H and O–H groups in total. The van der Waals surface area contributed by atoms with E-state index >= 15 is 0 Å². The van der Waals surface area contributed by atoms with Crippen LogP contribution in [0.2, 0.25) is 0 Å². The van der Waals surface area contributed by atoms with Crippen molar-refractivity contribution in [3.63, 3.8) is 0 Å². The summed E-state index contributed by atoms with van der Waals surface area (Å²) in [6, 6.07) is 0.0769. The summed E-state index contributed by atoms with van der Waals surface area (Å²) in [5.74, 6) is -0.259. The van der Waals surface area contributed by atoms with E-state index in [4.69, 9.17) is 5.73 Å². The van der Waals surface area contributed by atoms with Gasteiger partial charge in [-0.05, 0) is 13.3 Å². The average Bonchev–Trinajstić information content (AvgIpc) is 2.68. The smallest absolute Gasteiger partial charge is 0.245 e. The number of sulfonamides is 1. The summed E-state index contributed by atoms with van der Waals surface area (Å²) in [7, 11) is -2.16. The molecular formula is C11H21N5O3S. The van der Waals surface area contributed by atoms with Gasteiger partial charge in [0, 0.05) is 32.3 Å². The molecule has 0 bridgehead atoms. The highest BCUT2D eigenvalue weighted by atomic mass is 32.2. The Morgan fingerprint density at radius 1 is 1.55 bits per heavy atom. The van der Waals surface area contributed by atoms with Gasteiger partial charge in [0.1, 0.15) is 4.90 Å². The zero-order chi connectivity index (χ0) is 15.3. The molecule has 0 saturated heterocycles. The lowest BCUT2D eigenvalue weighted by Gasteiger charge is -2.11. The van der Waals surface area contributed by atoms with Crippen molar-refractivity contribution >= 4 is 21.7 Å². The minimum absolute atomic E-state index is 0.0128. The van der Waals surface area contributed by atoms with Crippen molar-refractivity contribution in [2.24, 2.45) is 7.05 Å². The Labute approximate surface area is 118 Å². The van der Waals surface area contributed by atoms with Crippen LogP contribution in [0.4, 0.5) is 5.82 Å². The summed E-state index contributed by atoms with van der Waals surface area (Å²) in [4.78, 5) is 11.4. The van der Waals surface area contributed by atoms with Gasteiger partial charge in [-0.15, -0.1) is 0 Å². The van der Waals surface area contributed by atoms with Crippen molar-refractivity contribution < 1.29 is 13.2 Å². The van der Waals surface area contributed by atoms with Crippen LogP contribution >= 0.6 is 0 Å². The molecular weight excluding hydrogens is 282 g/mol. The lowest BCUT2D eigenvalue weighted by Crippen LogP contribution is -2.35. The maximum absolute atomic E-state index is 12.0. The number of nitrogens with two attached hydrogens (primary N) is 1. The minimum Gasteiger partial charge on any atom is -0.381 e. The third-order valence-electron chi connectivity index (χ3n) is 2.78. The van der Waals surface area contributed by atoms with Crippen LogP contribution in [0.5, 0.6) is 0 Å². The van der Waals surface area contributed by atoms with Gasteiger partial charge >= 0.3 is 0 Å². The average molecular weight is 303 g/mol. The molecule has 114 valence electrons. The van der Waals surface area contributed by atoms with E-state index in [2.05, 4.69) is 15.1 Å². The molecule has 0 fully saturated rings. The van der Waals surface area contributed by atoms with E-state index in [1.807, 2.05) is 13.8 Å². The van der Waals surface area contributed by atoms with Crippen molar-refractivity contribution in [2.45, 2.75) is 37.6 Å². The number of carbonyl (C=O) groups excluding carboxylic acids is 1. The van der Waals surface area contributed by atoms with Crippen LogP contribution in [-0.2, 0) is 21.9 Å². The predicted octanol–water partition coefficient (Wildman–Crippen LogP) is -0.415. The SMILES string of the molecule is CCC(C)NC(=O)CCNS(=O)(=O)c1cn(C)nc1N. The summed E-state index contributed by atoms with van der Waals surface area (Å²) in [6.45, 7) is 3.86. The Kier molecular flexibility index (Phi) is 5.52. The summed E-state index contributed by atoms with van der Waals surface area (Å²) in [6.07, 6.45) is 2.21. The number of nitrogens with one attached hydrogen (secondary N) is 2. The fourth-order valence-electron chi connectivity index (χ4n) is 1.52. The van der Waals surface area contributed by atoms with E-state index in [1.165, 1.54) is 10.9 Å². The highest BCUT2D eigenvalue weighted by molar-refractivity contribution is 7.89. The summed E-state index contributed by atoms with van der Waals surface area (Å²) >= 11 is 0. The number of amides is 1. The van der Waals surface area contributed by atoms with E-state index in [1.54, 1.807) is 7.05 Å². The topological polar surface area (TPSA) is 119 Å². The number of aromatic nitrogens is 2. The Morgan fingerprint density at radius 3 is 2.70 bits per heavy atom. The van der Waals surface area contributed by atoms with Crippen LogP contribution in [-0.4, -0.2) is 36.7 Å². The molecule has 8 nitrogen and oxygen atoms in total. The van der Waals surface area contributed by atoms with Crippen molar-refractivity contribution in [3.05, 3.63) is 6.20 Å². The van der Waals surface area contributed by atoms with Gasteiger partial charge in [0.2, 0.25) is 15.9 Å². The molecule has 1 aromatic rings. The van der Waals surface area contributed by atoms with Gasteiger partial charge in [-0.2, -0.15) is 5.10 Å². The molecule has 0 radical (unpaired) electrons. The zero-order valence-electron chi connectivity index (χ0n) is 11.9. The van der Waals surface area contributed by atoms with Crippen molar-refractivity contribution in [1.82, 2.24) is 19.8 Å². The maximum atomic E-state index is 12.0. The number of rotatable bonds is 7. The minimum atomic E-state index is -3.74. The lowest BCUT2D eigenvalue weighted by molar-refractivity contribution is -0.121. The van der Waals surface area contributed by atoms with E-state index < -0.39 is 10.0 Å².